The van der Waals surface area contributed by atoms with Crippen LogP contribution in [0, 0.1) is 0 Å². The maximum Gasteiger partial charge on any atom is 0.471 e. The van der Waals surface area contributed by atoms with E-state index in [0.29, 0.717) is 12.8 Å². The number of nitrogens with zero attached hydrogens (tertiary/aromatic N) is 1. The van der Waals surface area contributed by atoms with Crippen LogP contribution in [0.3, 0.4) is 0 Å². The van der Waals surface area contributed by atoms with Crippen molar-refractivity contribution < 1.29 is 22.8 Å². The Bertz CT molecular complexity index is 320. The van der Waals surface area contributed by atoms with Gasteiger partial charge in [-0.05, 0) is 19.9 Å². The average molecular weight is 267 g/mol. The minimum Gasteiger partial charge on any atom is -0.353 e. The molecule has 0 aromatic carbocycles. The zero-order chi connectivity index (χ0) is 13.8. The molecule has 1 rings (SSSR count). The fourth-order valence-electron chi connectivity index (χ4n) is 1.93. The minimum atomic E-state index is -4.85. The molecule has 104 valence electrons. The van der Waals surface area contributed by atoms with Gasteiger partial charge < -0.3 is 15.5 Å². The Labute approximate surface area is 103 Å². The van der Waals surface area contributed by atoms with E-state index in [4.69, 9.17) is 0 Å². The molecular formula is C10H16F3N3O2. The lowest BCUT2D eigenvalue weighted by atomic mass is 10.2. The highest BCUT2D eigenvalue weighted by Crippen LogP contribution is 2.25. The second-order valence-corrected chi connectivity index (χ2v) is 4.13. The van der Waals surface area contributed by atoms with Crippen LogP contribution < -0.4 is 10.6 Å². The third kappa shape index (κ3) is 3.86. The van der Waals surface area contributed by atoms with Crippen LogP contribution in [0.5, 0.6) is 0 Å². The second-order valence-electron chi connectivity index (χ2n) is 4.13. The normalized spacial score (nSPS) is 20.0. The lowest BCUT2D eigenvalue weighted by Crippen LogP contribution is -2.48. The van der Waals surface area contributed by atoms with Crippen molar-refractivity contribution in [3.05, 3.63) is 0 Å². The van der Waals surface area contributed by atoms with Crippen molar-refractivity contribution in [3.63, 3.8) is 0 Å². The van der Waals surface area contributed by atoms with Crippen molar-refractivity contribution in [1.29, 1.82) is 0 Å². The Hall–Kier alpha value is -1.31. The highest BCUT2D eigenvalue weighted by atomic mass is 19.4. The lowest BCUT2D eigenvalue weighted by molar-refractivity contribution is -0.186. The molecule has 0 aromatic heterocycles. The maximum atomic E-state index is 12.3. The van der Waals surface area contributed by atoms with Gasteiger partial charge in [0.1, 0.15) is 0 Å². The third-order valence-electron chi connectivity index (χ3n) is 2.75. The summed E-state index contributed by atoms with van der Waals surface area (Å²) in [5.41, 5.74) is 0. The highest BCUT2D eigenvalue weighted by molar-refractivity contribution is 5.82. The summed E-state index contributed by atoms with van der Waals surface area (Å²) in [7, 11) is 1.59. The van der Waals surface area contributed by atoms with Gasteiger partial charge in [-0.15, -0.1) is 0 Å². The predicted octanol–water partition coefficient (Wildman–Crippen LogP) is -0.125. The highest BCUT2D eigenvalue weighted by Gasteiger charge is 2.45. The van der Waals surface area contributed by atoms with Crippen molar-refractivity contribution >= 4 is 11.8 Å². The Kier molecular flexibility index (Phi) is 4.94. The number of hydrogen-bond acceptors (Lipinski definition) is 3. The molecule has 0 spiro atoms. The first-order chi connectivity index (χ1) is 8.36. The van der Waals surface area contributed by atoms with Crippen LogP contribution in [0.15, 0.2) is 0 Å². The van der Waals surface area contributed by atoms with Gasteiger partial charge in [-0.2, -0.15) is 13.2 Å². The number of hydrogen-bond donors (Lipinski definition) is 2. The number of likely N-dealkylation sites (N-methyl/N-ethyl adjacent to an activating group) is 1. The lowest BCUT2D eigenvalue weighted by Gasteiger charge is -2.25. The number of likely N-dealkylation sites (tertiary alicyclic amines) is 1. The molecule has 1 saturated heterocycles. The van der Waals surface area contributed by atoms with Gasteiger partial charge in [-0.1, -0.05) is 0 Å². The summed E-state index contributed by atoms with van der Waals surface area (Å²) in [6, 6.07) is -0.570. The standard InChI is InChI=1S/C10H16F3N3O2/c1-14-6-8(17)15-5-7-3-2-4-16(7)9(18)10(11,12)13/h7,14H,2-6H2,1H3,(H,15,17). The van der Waals surface area contributed by atoms with Crippen LogP contribution in [0.1, 0.15) is 12.8 Å². The number of rotatable bonds is 4. The second kappa shape index (κ2) is 6.03. The molecule has 18 heavy (non-hydrogen) atoms. The summed E-state index contributed by atoms with van der Waals surface area (Å²) in [5.74, 6) is -2.13. The Morgan fingerprint density at radius 2 is 2.06 bits per heavy atom. The van der Waals surface area contributed by atoms with Gasteiger partial charge in [0.05, 0.1) is 6.54 Å². The number of halogens is 3. The first-order valence-corrected chi connectivity index (χ1v) is 5.65. The van der Waals surface area contributed by atoms with Gasteiger partial charge in [0, 0.05) is 19.1 Å². The van der Waals surface area contributed by atoms with Crippen molar-refractivity contribution in [2.75, 3.05) is 26.7 Å². The van der Waals surface area contributed by atoms with E-state index in [0.717, 1.165) is 4.90 Å². The summed E-state index contributed by atoms with van der Waals surface area (Å²) in [6.45, 7) is 0.243. The zero-order valence-electron chi connectivity index (χ0n) is 10.0. The topological polar surface area (TPSA) is 61.4 Å². The third-order valence-corrected chi connectivity index (χ3v) is 2.75. The van der Waals surface area contributed by atoms with Gasteiger partial charge in [0.25, 0.3) is 0 Å². The van der Waals surface area contributed by atoms with Crippen molar-refractivity contribution in [2.24, 2.45) is 0 Å². The first-order valence-electron chi connectivity index (χ1n) is 5.65. The van der Waals surface area contributed by atoms with E-state index in [1.807, 2.05) is 0 Å². The van der Waals surface area contributed by atoms with E-state index in [9.17, 15) is 22.8 Å². The molecule has 0 bridgehead atoms. The van der Waals surface area contributed by atoms with Crippen molar-refractivity contribution in [1.82, 2.24) is 15.5 Å². The Morgan fingerprint density at radius 1 is 1.39 bits per heavy atom. The largest absolute Gasteiger partial charge is 0.471 e. The molecule has 0 aromatic rings. The number of alkyl halides is 3. The van der Waals surface area contributed by atoms with Crippen LogP contribution in [-0.4, -0.2) is 55.6 Å². The molecule has 1 heterocycles. The average Bonchev–Trinajstić information content (AvgIpc) is 2.72. The van der Waals surface area contributed by atoms with Gasteiger partial charge in [-0.3, -0.25) is 9.59 Å². The quantitative estimate of drug-likeness (QED) is 0.746. The number of amides is 2. The molecule has 5 nitrogen and oxygen atoms in total. The molecule has 0 saturated carbocycles. The zero-order valence-corrected chi connectivity index (χ0v) is 10.0. The van der Waals surface area contributed by atoms with Crippen LogP contribution >= 0.6 is 0 Å². The van der Waals surface area contributed by atoms with E-state index < -0.39 is 18.1 Å². The molecule has 1 fully saturated rings. The molecule has 1 unspecified atom stereocenters. The maximum absolute atomic E-state index is 12.3. The van der Waals surface area contributed by atoms with Crippen LogP contribution in [0.25, 0.3) is 0 Å². The number of nitrogens with one attached hydrogen (secondary N) is 2. The molecule has 1 aliphatic heterocycles. The summed E-state index contributed by atoms with van der Waals surface area (Å²) >= 11 is 0. The SMILES string of the molecule is CNCC(=O)NCC1CCCN1C(=O)C(F)(F)F. The molecule has 0 radical (unpaired) electrons. The fourth-order valence-corrected chi connectivity index (χ4v) is 1.93. The molecule has 2 amide bonds. The van der Waals surface area contributed by atoms with E-state index in [-0.39, 0.29) is 25.5 Å². The monoisotopic (exact) mass is 267 g/mol. The molecule has 1 aliphatic rings. The Morgan fingerprint density at radius 3 is 2.61 bits per heavy atom. The molecular weight excluding hydrogens is 251 g/mol. The van der Waals surface area contributed by atoms with Gasteiger partial charge in [0.15, 0.2) is 0 Å². The molecule has 8 heteroatoms. The van der Waals surface area contributed by atoms with E-state index in [1.165, 1.54) is 0 Å². The molecule has 0 aliphatic carbocycles. The predicted molar refractivity (Wildman–Crippen MR) is 57.7 cm³/mol. The van der Waals surface area contributed by atoms with Crippen LogP contribution in [0.4, 0.5) is 13.2 Å². The van der Waals surface area contributed by atoms with Gasteiger partial charge >= 0.3 is 12.1 Å². The van der Waals surface area contributed by atoms with Crippen LogP contribution in [0.2, 0.25) is 0 Å². The first kappa shape index (κ1) is 14.7. The van der Waals surface area contributed by atoms with Crippen molar-refractivity contribution in [2.45, 2.75) is 25.1 Å². The van der Waals surface area contributed by atoms with E-state index >= 15 is 0 Å². The number of carbonyl (C=O) groups is 2. The summed E-state index contributed by atoms with van der Waals surface area (Å²) in [6.07, 6.45) is -3.85. The summed E-state index contributed by atoms with van der Waals surface area (Å²) in [5, 5.41) is 5.13. The number of carbonyl (C=O) groups excluding carboxylic acids is 2. The van der Waals surface area contributed by atoms with E-state index in [1.54, 1.807) is 7.05 Å². The Balaban J connectivity index is 2.50. The van der Waals surface area contributed by atoms with E-state index in [2.05, 4.69) is 10.6 Å². The molecule has 2 N–H and O–H groups in total. The van der Waals surface area contributed by atoms with Crippen molar-refractivity contribution in [3.8, 4) is 0 Å². The van der Waals surface area contributed by atoms with Gasteiger partial charge in [-0.25, -0.2) is 0 Å². The smallest absolute Gasteiger partial charge is 0.353 e. The fraction of sp³-hybridized carbons (Fsp3) is 0.800. The van der Waals surface area contributed by atoms with Gasteiger partial charge in [0.2, 0.25) is 5.91 Å². The van der Waals surface area contributed by atoms with Crippen LogP contribution in [-0.2, 0) is 9.59 Å². The minimum absolute atomic E-state index is 0.0579. The molecule has 1 atom stereocenters. The summed E-state index contributed by atoms with van der Waals surface area (Å²) < 4.78 is 36.9. The summed E-state index contributed by atoms with van der Waals surface area (Å²) in [4.78, 5) is 23.1.